The van der Waals surface area contributed by atoms with Crippen LogP contribution in [0.1, 0.15) is 88.7 Å². The Bertz CT molecular complexity index is 942. The van der Waals surface area contributed by atoms with Crippen LogP contribution in [0.5, 0.6) is 11.5 Å². The molecule has 2 aliphatic carbocycles. The number of thioether (sulfide) groups is 1. The van der Waals surface area contributed by atoms with Crippen LogP contribution in [0.4, 0.5) is 0 Å². The number of carboxylic acids is 1. The van der Waals surface area contributed by atoms with Crippen molar-refractivity contribution in [1.82, 2.24) is 10.2 Å². The predicted octanol–water partition coefficient (Wildman–Crippen LogP) is 4.66. The summed E-state index contributed by atoms with van der Waals surface area (Å²) in [4.78, 5) is 36.3. The molecule has 1 aromatic carbocycles. The van der Waals surface area contributed by atoms with E-state index in [9.17, 15) is 19.5 Å². The van der Waals surface area contributed by atoms with E-state index < -0.39 is 12.0 Å². The highest BCUT2D eigenvalue weighted by atomic mass is 32.2. The van der Waals surface area contributed by atoms with Crippen LogP contribution in [0.3, 0.4) is 0 Å². The Morgan fingerprint density at radius 2 is 1.51 bits per heavy atom. The van der Waals surface area contributed by atoms with Crippen molar-refractivity contribution in [2.75, 3.05) is 12.5 Å². The number of aliphatic carboxylic acids is 1. The van der Waals surface area contributed by atoms with Crippen LogP contribution in [0.2, 0.25) is 0 Å². The molecule has 1 amide bonds. The van der Waals surface area contributed by atoms with Crippen LogP contribution in [-0.2, 0) is 27.3 Å². The van der Waals surface area contributed by atoms with Gasteiger partial charge in [0.2, 0.25) is 12.7 Å². The number of carboxylic acid groups (broad SMARTS) is 1. The predicted molar refractivity (Wildman–Crippen MR) is 143 cm³/mol. The third-order valence-corrected chi connectivity index (χ3v) is 8.55. The van der Waals surface area contributed by atoms with E-state index in [1.807, 2.05) is 0 Å². The minimum Gasteiger partial charge on any atom is -0.480 e. The van der Waals surface area contributed by atoms with E-state index in [4.69, 9.17) is 9.47 Å². The molecule has 37 heavy (non-hydrogen) atoms. The summed E-state index contributed by atoms with van der Waals surface area (Å²) in [5, 5.41) is 13.3. The lowest BCUT2D eigenvalue weighted by molar-refractivity contribution is -0.151. The number of rotatable bonds is 6. The Balaban J connectivity index is 0.000000207. The lowest BCUT2D eigenvalue weighted by Crippen LogP contribution is -2.48. The lowest BCUT2D eigenvalue weighted by atomic mass is 9.91. The number of amides is 1. The van der Waals surface area contributed by atoms with Crippen molar-refractivity contribution >= 4 is 28.8 Å². The number of benzene rings is 1. The second kappa shape index (κ2) is 13.5. The van der Waals surface area contributed by atoms with Crippen molar-refractivity contribution in [3.8, 4) is 11.5 Å². The third kappa shape index (κ3) is 7.87. The zero-order valence-corrected chi connectivity index (χ0v) is 22.7. The fourth-order valence-electron chi connectivity index (χ4n) is 5.76. The fourth-order valence-corrected chi connectivity index (χ4v) is 6.32. The second-order valence-electron chi connectivity index (χ2n) is 10.5. The van der Waals surface area contributed by atoms with E-state index in [1.165, 1.54) is 76.0 Å². The summed E-state index contributed by atoms with van der Waals surface area (Å²) in [6.07, 6.45) is 14.9. The van der Waals surface area contributed by atoms with Gasteiger partial charge in [0.15, 0.2) is 16.6 Å². The quantitative estimate of drug-likeness (QED) is 0.545. The maximum atomic E-state index is 12.4. The largest absolute Gasteiger partial charge is 0.480 e. The average Bonchev–Trinajstić information content (AvgIpc) is 3.35. The van der Waals surface area contributed by atoms with Crippen molar-refractivity contribution in [2.45, 2.75) is 109 Å². The van der Waals surface area contributed by atoms with Crippen LogP contribution >= 0.6 is 11.8 Å². The molecule has 2 saturated carbocycles. The molecule has 8 nitrogen and oxygen atoms in total. The van der Waals surface area contributed by atoms with E-state index in [-0.39, 0.29) is 37.2 Å². The molecule has 0 radical (unpaired) electrons. The zero-order valence-electron chi connectivity index (χ0n) is 21.8. The summed E-state index contributed by atoms with van der Waals surface area (Å²) in [7, 11) is 0. The monoisotopic (exact) mass is 532 g/mol. The summed E-state index contributed by atoms with van der Waals surface area (Å²) >= 11 is 1.06. The summed E-state index contributed by atoms with van der Waals surface area (Å²) < 4.78 is 10.7. The molecule has 4 aliphatic rings. The Kier molecular flexibility index (Phi) is 10.1. The molecular weight excluding hydrogens is 492 g/mol. The summed E-state index contributed by atoms with van der Waals surface area (Å²) in [5.74, 6) is 0.272. The van der Waals surface area contributed by atoms with Gasteiger partial charge in [0.05, 0.1) is 0 Å². The van der Waals surface area contributed by atoms with Crippen molar-refractivity contribution < 1.29 is 29.0 Å². The van der Waals surface area contributed by atoms with Gasteiger partial charge in [0, 0.05) is 44.1 Å². The van der Waals surface area contributed by atoms with Crippen LogP contribution in [-0.4, -0.2) is 57.7 Å². The van der Waals surface area contributed by atoms with Crippen LogP contribution in [0, 0.1) is 0 Å². The molecule has 2 heterocycles. The molecule has 0 saturated heterocycles. The topological polar surface area (TPSA) is 105 Å². The van der Waals surface area contributed by atoms with Crippen LogP contribution < -0.4 is 14.8 Å². The molecule has 0 bridgehead atoms. The summed E-state index contributed by atoms with van der Waals surface area (Å²) in [6, 6.07) is 4.43. The average molecular weight is 533 g/mol. The first-order valence-corrected chi connectivity index (χ1v) is 14.7. The Morgan fingerprint density at radius 1 is 0.946 bits per heavy atom. The van der Waals surface area contributed by atoms with E-state index in [1.54, 1.807) is 12.1 Å². The van der Waals surface area contributed by atoms with Gasteiger partial charge in [-0.15, -0.1) is 0 Å². The first kappa shape index (κ1) is 27.8. The number of fused-ring (bicyclic) bond motifs is 2. The highest BCUT2D eigenvalue weighted by Gasteiger charge is 2.35. The normalized spacial score (nSPS) is 21.5. The SMILES string of the molecule is C1CCC(NC2CCCCC2)CC1.CC(=O)SCCC(=O)N1Cc2cc3c(cc2CC1C(=O)O)OCO3. The third-order valence-electron chi connectivity index (χ3n) is 7.73. The van der Waals surface area contributed by atoms with Gasteiger partial charge in [-0.25, -0.2) is 4.79 Å². The standard InChI is InChI=1S/C16H17NO6S.C12H23N/c1-9(18)24-3-2-15(19)17-7-11-6-14-13(22-8-23-14)5-10(11)4-12(17)16(20)21;1-3-7-11(8-4-1)13-12-9-5-2-6-10-12/h5-6,12H,2-4,7-8H2,1H3,(H,20,21);11-13H,1-10H2. The molecule has 204 valence electrons. The van der Waals surface area contributed by atoms with E-state index >= 15 is 0 Å². The highest BCUT2D eigenvalue weighted by molar-refractivity contribution is 8.13. The number of nitrogens with one attached hydrogen (secondary N) is 1. The summed E-state index contributed by atoms with van der Waals surface area (Å²) in [6.45, 7) is 1.80. The van der Waals surface area contributed by atoms with Gasteiger partial charge in [0.25, 0.3) is 0 Å². The number of hydrogen-bond donors (Lipinski definition) is 2. The van der Waals surface area contributed by atoms with Gasteiger partial charge in [0.1, 0.15) is 6.04 Å². The maximum absolute atomic E-state index is 12.4. The van der Waals surface area contributed by atoms with Gasteiger partial charge >= 0.3 is 5.97 Å². The number of carbonyl (C=O) groups is 3. The van der Waals surface area contributed by atoms with E-state index in [2.05, 4.69) is 5.32 Å². The first-order valence-electron chi connectivity index (χ1n) is 13.7. The molecule has 1 aromatic rings. The second-order valence-corrected chi connectivity index (χ2v) is 11.8. The number of ether oxygens (including phenoxy) is 2. The van der Waals surface area contributed by atoms with E-state index in [0.29, 0.717) is 17.3 Å². The zero-order chi connectivity index (χ0) is 26.2. The summed E-state index contributed by atoms with van der Waals surface area (Å²) in [5.41, 5.74) is 1.72. The minimum absolute atomic E-state index is 0.0608. The van der Waals surface area contributed by atoms with Crippen LogP contribution in [0.15, 0.2) is 12.1 Å². The van der Waals surface area contributed by atoms with Crippen molar-refractivity contribution in [3.63, 3.8) is 0 Å². The fraction of sp³-hybridized carbons (Fsp3) is 0.679. The molecule has 0 spiro atoms. The van der Waals surface area contributed by atoms with Gasteiger partial charge < -0.3 is 24.8 Å². The molecule has 9 heteroatoms. The number of nitrogens with zero attached hydrogens (tertiary/aromatic N) is 1. The van der Waals surface area contributed by atoms with Crippen molar-refractivity contribution in [2.24, 2.45) is 0 Å². The van der Waals surface area contributed by atoms with Gasteiger partial charge in [-0.05, 0) is 48.9 Å². The van der Waals surface area contributed by atoms with Gasteiger partial charge in [-0.2, -0.15) is 0 Å². The van der Waals surface area contributed by atoms with Gasteiger partial charge in [-0.3, -0.25) is 9.59 Å². The van der Waals surface area contributed by atoms with Crippen LogP contribution in [0.25, 0.3) is 0 Å². The van der Waals surface area contributed by atoms with Gasteiger partial charge in [-0.1, -0.05) is 50.3 Å². The highest BCUT2D eigenvalue weighted by Crippen LogP contribution is 2.38. The van der Waals surface area contributed by atoms with Crippen molar-refractivity contribution in [3.05, 3.63) is 23.3 Å². The smallest absolute Gasteiger partial charge is 0.326 e. The van der Waals surface area contributed by atoms with E-state index in [0.717, 1.165) is 35.0 Å². The molecule has 2 aliphatic heterocycles. The molecule has 2 fully saturated rings. The van der Waals surface area contributed by atoms with Crippen molar-refractivity contribution in [1.29, 1.82) is 0 Å². The molecule has 0 aromatic heterocycles. The molecular formula is C28H40N2O6S. The maximum Gasteiger partial charge on any atom is 0.326 e. The molecule has 1 atom stereocenters. The minimum atomic E-state index is -1.04. The Morgan fingerprint density at radius 3 is 2.05 bits per heavy atom. The number of carbonyl (C=O) groups excluding carboxylic acids is 2. The molecule has 2 N–H and O–H groups in total. The Hall–Kier alpha value is -2.26. The molecule has 5 rings (SSSR count). The number of hydrogen-bond acceptors (Lipinski definition) is 7. The Labute approximate surface area is 223 Å². The molecule has 1 unspecified atom stereocenters. The lowest BCUT2D eigenvalue weighted by Gasteiger charge is -2.34. The first-order chi connectivity index (χ1) is 17.9.